The summed E-state index contributed by atoms with van der Waals surface area (Å²) in [5.74, 6) is -2.78. The van der Waals surface area contributed by atoms with Crippen molar-refractivity contribution < 1.29 is 13.6 Å². The van der Waals surface area contributed by atoms with Crippen LogP contribution in [0.5, 0.6) is 0 Å². The second-order valence-corrected chi connectivity index (χ2v) is 4.76. The van der Waals surface area contributed by atoms with Gasteiger partial charge < -0.3 is 0 Å². The van der Waals surface area contributed by atoms with Crippen LogP contribution in [0.15, 0.2) is 48.5 Å². The Morgan fingerprint density at radius 3 is 2.45 bits per heavy atom. The average Bonchev–Trinajstić information content (AvgIpc) is 2.53. The SMILES string of the molecule is N#C[C@H]1C=Cc2ccccc2N1C(=O)c1c(F)cccc1F. The fourth-order valence-electron chi connectivity index (χ4n) is 2.44. The van der Waals surface area contributed by atoms with Crippen LogP contribution in [0, 0.1) is 23.0 Å². The molecule has 0 N–H and O–H groups in total. The summed E-state index contributed by atoms with van der Waals surface area (Å²) >= 11 is 0. The van der Waals surface area contributed by atoms with Crippen LogP contribution in [0.4, 0.5) is 14.5 Å². The lowest BCUT2D eigenvalue weighted by atomic mass is 10.0. The van der Waals surface area contributed by atoms with E-state index in [4.69, 9.17) is 0 Å². The van der Waals surface area contributed by atoms with Crippen LogP contribution in [0.25, 0.3) is 6.08 Å². The van der Waals surface area contributed by atoms with E-state index < -0.39 is 29.1 Å². The molecule has 0 aromatic heterocycles. The predicted molar refractivity (Wildman–Crippen MR) is 78.0 cm³/mol. The second kappa shape index (κ2) is 5.41. The summed E-state index contributed by atoms with van der Waals surface area (Å²) < 4.78 is 27.7. The molecule has 3 rings (SSSR count). The van der Waals surface area contributed by atoms with E-state index in [-0.39, 0.29) is 0 Å². The number of hydrogen-bond acceptors (Lipinski definition) is 2. The lowest BCUT2D eigenvalue weighted by Gasteiger charge is -2.30. The average molecular weight is 296 g/mol. The van der Waals surface area contributed by atoms with Crippen LogP contribution >= 0.6 is 0 Å². The van der Waals surface area contributed by atoms with Gasteiger partial charge in [0.15, 0.2) is 0 Å². The van der Waals surface area contributed by atoms with Gasteiger partial charge in [-0.3, -0.25) is 9.69 Å². The molecule has 1 aliphatic rings. The van der Waals surface area contributed by atoms with Crippen molar-refractivity contribution in [3.8, 4) is 6.07 Å². The largest absolute Gasteiger partial charge is 0.287 e. The van der Waals surface area contributed by atoms with Gasteiger partial charge in [0.05, 0.1) is 11.8 Å². The summed E-state index contributed by atoms with van der Waals surface area (Å²) in [7, 11) is 0. The lowest BCUT2D eigenvalue weighted by Crippen LogP contribution is -2.41. The van der Waals surface area contributed by atoms with E-state index in [0.717, 1.165) is 17.0 Å². The minimum atomic E-state index is -0.950. The molecule has 22 heavy (non-hydrogen) atoms. The van der Waals surface area contributed by atoms with Crippen LogP contribution in [-0.4, -0.2) is 11.9 Å². The van der Waals surface area contributed by atoms with E-state index in [1.165, 1.54) is 12.1 Å². The number of hydrogen-bond donors (Lipinski definition) is 0. The lowest BCUT2D eigenvalue weighted by molar-refractivity contribution is 0.0976. The molecule has 0 unspecified atom stereocenters. The second-order valence-electron chi connectivity index (χ2n) is 4.76. The van der Waals surface area contributed by atoms with Gasteiger partial charge >= 0.3 is 0 Å². The van der Waals surface area contributed by atoms with Crippen molar-refractivity contribution in [2.45, 2.75) is 6.04 Å². The maximum absolute atomic E-state index is 13.9. The van der Waals surface area contributed by atoms with Crippen molar-refractivity contribution in [3.63, 3.8) is 0 Å². The Morgan fingerprint density at radius 1 is 1.09 bits per heavy atom. The summed E-state index contributed by atoms with van der Waals surface area (Å²) in [6.45, 7) is 0. The highest BCUT2D eigenvalue weighted by atomic mass is 19.1. The maximum atomic E-state index is 13.9. The molecule has 3 nitrogen and oxygen atoms in total. The highest BCUT2D eigenvalue weighted by Crippen LogP contribution is 2.31. The van der Waals surface area contributed by atoms with E-state index in [2.05, 4.69) is 0 Å². The molecule has 0 spiro atoms. The smallest absolute Gasteiger partial charge is 0.265 e. The molecule has 5 heteroatoms. The van der Waals surface area contributed by atoms with Gasteiger partial charge in [-0.05, 0) is 29.8 Å². The molecule has 0 bridgehead atoms. The Morgan fingerprint density at radius 2 is 1.77 bits per heavy atom. The number of rotatable bonds is 1. The van der Waals surface area contributed by atoms with Gasteiger partial charge in [-0.1, -0.05) is 30.3 Å². The molecule has 1 heterocycles. The minimum absolute atomic E-state index is 0.448. The van der Waals surface area contributed by atoms with E-state index >= 15 is 0 Å². The van der Waals surface area contributed by atoms with E-state index in [1.807, 2.05) is 6.07 Å². The number of nitrogens with zero attached hydrogens (tertiary/aromatic N) is 2. The van der Waals surface area contributed by atoms with Crippen molar-refractivity contribution in [2.75, 3.05) is 4.90 Å². The van der Waals surface area contributed by atoms with Crippen LogP contribution in [-0.2, 0) is 0 Å². The molecule has 0 saturated heterocycles. The number of amides is 1. The number of benzene rings is 2. The first-order valence-corrected chi connectivity index (χ1v) is 6.58. The first kappa shape index (κ1) is 14.0. The van der Waals surface area contributed by atoms with Gasteiger partial charge in [-0.2, -0.15) is 5.26 Å². The molecule has 0 saturated carbocycles. The van der Waals surface area contributed by atoms with Gasteiger partial charge in [0, 0.05) is 0 Å². The molecule has 1 atom stereocenters. The van der Waals surface area contributed by atoms with E-state index in [9.17, 15) is 18.8 Å². The van der Waals surface area contributed by atoms with Crippen LogP contribution in [0.2, 0.25) is 0 Å². The van der Waals surface area contributed by atoms with Gasteiger partial charge in [0.1, 0.15) is 23.2 Å². The zero-order chi connectivity index (χ0) is 15.7. The molecule has 2 aromatic rings. The Labute approximate surface area is 125 Å². The first-order valence-electron chi connectivity index (χ1n) is 6.58. The quantitative estimate of drug-likeness (QED) is 0.808. The van der Waals surface area contributed by atoms with Crippen LogP contribution in [0.1, 0.15) is 15.9 Å². The monoisotopic (exact) mass is 296 g/mol. The van der Waals surface area contributed by atoms with Crippen LogP contribution in [0.3, 0.4) is 0 Å². The van der Waals surface area contributed by atoms with E-state index in [1.54, 1.807) is 30.3 Å². The third-order valence-electron chi connectivity index (χ3n) is 3.46. The van der Waals surface area contributed by atoms with Gasteiger partial charge in [0.2, 0.25) is 0 Å². The standard InChI is InChI=1S/C17H10F2N2O/c18-13-5-3-6-14(19)16(13)17(22)21-12(10-20)9-8-11-4-1-2-7-15(11)21/h1-9,12H/t12-/m1/s1. The minimum Gasteiger partial charge on any atom is -0.287 e. The molecule has 2 aromatic carbocycles. The highest BCUT2D eigenvalue weighted by molar-refractivity contribution is 6.09. The molecule has 0 aliphatic carbocycles. The molecular formula is C17H10F2N2O. The molecule has 0 fully saturated rings. The summed E-state index contributed by atoms with van der Waals surface area (Å²) in [6, 6.07) is 11.1. The number of nitriles is 1. The third kappa shape index (κ3) is 2.15. The Kier molecular flexibility index (Phi) is 3.43. The maximum Gasteiger partial charge on any atom is 0.265 e. The predicted octanol–water partition coefficient (Wildman–Crippen LogP) is 3.53. The summed E-state index contributed by atoms with van der Waals surface area (Å²) in [6.07, 6.45) is 3.24. The van der Waals surface area contributed by atoms with E-state index in [0.29, 0.717) is 11.3 Å². The van der Waals surface area contributed by atoms with Crippen molar-refractivity contribution in [2.24, 2.45) is 0 Å². The molecular weight excluding hydrogens is 286 g/mol. The number of fused-ring (bicyclic) bond motifs is 1. The fraction of sp³-hybridized carbons (Fsp3) is 0.0588. The Balaban J connectivity index is 2.15. The van der Waals surface area contributed by atoms with Crippen molar-refractivity contribution in [1.82, 2.24) is 0 Å². The normalized spacial score (nSPS) is 16.0. The van der Waals surface area contributed by atoms with Crippen molar-refractivity contribution in [3.05, 3.63) is 71.3 Å². The molecule has 1 amide bonds. The molecule has 1 aliphatic heterocycles. The number of anilines is 1. The van der Waals surface area contributed by atoms with Crippen molar-refractivity contribution in [1.29, 1.82) is 5.26 Å². The summed E-state index contributed by atoms with van der Waals surface area (Å²) in [5, 5.41) is 9.24. The highest BCUT2D eigenvalue weighted by Gasteiger charge is 2.31. The summed E-state index contributed by atoms with van der Waals surface area (Å²) in [4.78, 5) is 13.7. The Hall–Kier alpha value is -3.00. The number of carbonyl (C=O) groups excluding carboxylic acids is 1. The Bertz CT molecular complexity index is 803. The first-order chi connectivity index (χ1) is 10.6. The topological polar surface area (TPSA) is 44.1 Å². The number of carbonyl (C=O) groups is 1. The number of halogens is 2. The zero-order valence-electron chi connectivity index (χ0n) is 11.3. The summed E-state index contributed by atoms with van der Waals surface area (Å²) in [5.41, 5.74) is 0.496. The van der Waals surface area contributed by atoms with Crippen LogP contribution < -0.4 is 4.90 Å². The fourth-order valence-corrected chi connectivity index (χ4v) is 2.44. The van der Waals surface area contributed by atoms with Gasteiger partial charge in [0.25, 0.3) is 5.91 Å². The zero-order valence-corrected chi connectivity index (χ0v) is 11.3. The molecule has 0 radical (unpaired) electrons. The third-order valence-corrected chi connectivity index (χ3v) is 3.46. The van der Waals surface area contributed by atoms with Gasteiger partial charge in [-0.25, -0.2) is 8.78 Å². The molecule has 108 valence electrons. The van der Waals surface area contributed by atoms with Gasteiger partial charge in [-0.15, -0.1) is 0 Å². The van der Waals surface area contributed by atoms with Crippen molar-refractivity contribution >= 4 is 17.7 Å². The number of para-hydroxylation sites is 1.